The third kappa shape index (κ3) is 1.89. The molecule has 0 saturated carbocycles. The maximum Gasteiger partial charge on any atom is 0.134 e. The van der Waals surface area contributed by atoms with E-state index in [1.807, 2.05) is 0 Å². The first-order valence-corrected chi connectivity index (χ1v) is 4.61. The van der Waals surface area contributed by atoms with Crippen LogP contribution in [0, 0.1) is 0 Å². The summed E-state index contributed by atoms with van der Waals surface area (Å²) in [5.74, 6) is 0.868. The van der Waals surface area contributed by atoms with Crippen molar-refractivity contribution < 1.29 is 0 Å². The number of hydrogen-bond donors (Lipinski definition) is 1. The lowest BCUT2D eigenvalue weighted by atomic mass is 10.3. The summed E-state index contributed by atoms with van der Waals surface area (Å²) in [5, 5.41) is 0.477. The fraction of sp³-hybridized carbons (Fsp3) is 0.500. The van der Waals surface area contributed by atoms with Crippen LogP contribution >= 0.6 is 11.6 Å². The lowest BCUT2D eigenvalue weighted by Gasteiger charge is -2.15. The van der Waals surface area contributed by atoms with Gasteiger partial charge in [0.1, 0.15) is 17.3 Å². The minimum Gasteiger partial charge on any atom is -0.355 e. The topological polar surface area (TPSA) is 55.0 Å². The summed E-state index contributed by atoms with van der Waals surface area (Å²) in [6, 6.07) is 2.02. The van der Waals surface area contributed by atoms with Crippen molar-refractivity contribution >= 4 is 17.4 Å². The zero-order valence-electron chi connectivity index (χ0n) is 7.15. The van der Waals surface area contributed by atoms with Crippen LogP contribution in [-0.2, 0) is 0 Å². The summed E-state index contributed by atoms with van der Waals surface area (Å²) in [6.45, 7) is 1.81. The molecule has 2 rings (SSSR count). The van der Waals surface area contributed by atoms with Gasteiger partial charge in [-0.2, -0.15) is 0 Å². The number of anilines is 1. The normalized spacial score (nSPS) is 22.3. The van der Waals surface area contributed by atoms with E-state index in [1.54, 1.807) is 6.07 Å². The highest BCUT2D eigenvalue weighted by Crippen LogP contribution is 2.18. The van der Waals surface area contributed by atoms with Crippen LogP contribution in [0.5, 0.6) is 0 Å². The molecule has 2 N–H and O–H groups in total. The Morgan fingerprint density at radius 3 is 3.00 bits per heavy atom. The number of hydrogen-bond acceptors (Lipinski definition) is 4. The monoisotopic (exact) mass is 198 g/mol. The standard InChI is InChI=1S/C8H11ClN4/c9-7-3-8(12-5-11-7)13-2-1-6(10)4-13/h3,5-6H,1-2,4,10H2/t6-/m1/s1. The van der Waals surface area contributed by atoms with E-state index in [4.69, 9.17) is 17.3 Å². The van der Waals surface area contributed by atoms with E-state index in [0.29, 0.717) is 5.15 Å². The smallest absolute Gasteiger partial charge is 0.134 e. The van der Waals surface area contributed by atoms with Gasteiger partial charge in [-0.05, 0) is 6.42 Å². The fourth-order valence-electron chi connectivity index (χ4n) is 1.49. The van der Waals surface area contributed by atoms with Crippen molar-refractivity contribution in [2.24, 2.45) is 5.73 Å². The molecule has 0 spiro atoms. The van der Waals surface area contributed by atoms with Crippen LogP contribution < -0.4 is 10.6 Å². The highest BCUT2D eigenvalue weighted by Gasteiger charge is 2.20. The molecule has 1 aliphatic heterocycles. The second kappa shape index (κ2) is 3.47. The molecule has 1 saturated heterocycles. The van der Waals surface area contributed by atoms with Crippen molar-refractivity contribution in [2.45, 2.75) is 12.5 Å². The van der Waals surface area contributed by atoms with Gasteiger partial charge in [0.15, 0.2) is 0 Å². The maximum absolute atomic E-state index is 5.78. The molecule has 1 aromatic rings. The second-order valence-electron chi connectivity index (χ2n) is 3.19. The molecule has 5 heteroatoms. The first-order valence-electron chi connectivity index (χ1n) is 4.24. The number of nitrogens with zero attached hydrogens (tertiary/aromatic N) is 3. The van der Waals surface area contributed by atoms with Crippen molar-refractivity contribution in [1.82, 2.24) is 9.97 Å². The van der Waals surface area contributed by atoms with Gasteiger partial charge >= 0.3 is 0 Å². The first-order chi connectivity index (χ1) is 6.25. The predicted octanol–water partition coefficient (Wildman–Crippen LogP) is 0.667. The summed E-state index contributed by atoms with van der Waals surface area (Å²) >= 11 is 5.75. The summed E-state index contributed by atoms with van der Waals surface area (Å²) in [7, 11) is 0. The summed E-state index contributed by atoms with van der Waals surface area (Å²) in [6.07, 6.45) is 2.49. The molecule has 1 atom stereocenters. The molecular formula is C8H11ClN4. The van der Waals surface area contributed by atoms with Gasteiger partial charge in [0.2, 0.25) is 0 Å². The molecular weight excluding hydrogens is 188 g/mol. The van der Waals surface area contributed by atoms with Gasteiger partial charge in [0.25, 0.3) is 0 Å². The van der Waals surface area contributed by atoms with Crippen molar-refractivity contribution in [3.05, 3.63) is 17.5 Å². The third-order valence-electron chi connectivity index (χ3n) is 2.17. The Labute approximate surface area is 81.7 Å². The van der Waals surface area contributed by atoms with E-state index in [2.05, 4.69) is 14.9 Å². The highest BCUT2D eigenvalue weighted by atomic mass is 35.5. The first kappa shape index (κ1) is 8.72. The molecule has 1 fully saturated rings. The van der Waals surface area contributed by atoms with E-state index in [9.17, 15) is 0 Å². The molecule has 13 heavy (non-hydrogen) atoms. The number of aromatic nitrogens is 2. The van der Waals surface area contributed by atoms with Gasteiger partial charge in [-0.15, -0.1) is 0 Å². The van der Waals surface area contributed by atoms with E-state index >= 15 is 0 Å². The number of rotatable bonds is 1. The van der Waals surface area contributed by atoms with Crippen molar-refractivity contribution in [1.29, 1.82) is 0 Å². The minimum absolute atomic E-state index is 0.258. The van der Waals surface area contributed by atoms with Gasteiger partial charge in [-0.3, -0.25) is 0 Å². The van der Waals surface area contributed by atoms with Crippen LogP contribution in [0.15, 0.2) is 12.4 Å². The van der Waals surface area contributed by atoms with E-state index < -0.39 is 0 Å². The molecule has 4 nitrogen and oxygen atoms in total. The van der Waals surface area contributed by atoms with Crippen LogP contribution in [-0.4, -0.2) is 29.1 Å². The molecule has 2 heterocycles. The van der Waals surface area contributed by atoms with Gasteiger partial charge < -0.3 is 10.6 Å². The Kier molecular flexibility index (Phi) is 2.33. The predicted molar refractivity (Wildman–Crippen MR) is 51.8 cm³/mol. The molecule has 0 unspecified atom stereocenters. The van der Waals surface area contributed by atoms with Crippen LogP contribution in [0.25, 0.3) is 0 Å². The molecule has 1 aromatic heterocycles. The lowest BCUT2D eigenvalue weighted by molar-refractivity contribution is 0.751. The lowest BCUT2D eigenvalue weighted by Crippen LogP contribution is -2.26. The van der Waals surface area contributed by atoms with Crippen molar-refractivity contribution in [3.8, 4) is 0 Å². The Bertz CT molecular complexity index is 304. The molecule has 0 aliphatic carbocycles. The molecule has 0 aromatic carbocycles. The highest BCUT2D eigenvalue weighted by molar-refractivity contribution is 6.29. The fourth-order valence-corrected chi connectivity index (χ4v) is 1.63. The van der Waals surface area contributed by atoms with Gasteiger partial charge in [-0.25, -0.2) is 9.97 Å². The maximum atomic E-state index is 5.78. The Morgan fingerprint density at radius 2 is 2.38 bits per heavy atom. The van der Waals surface area contributed by atoms with Gasteiger partial charge in [-0.1, -0.05) is 11.6 Å². The molecule has 0 amide bonds. The largest absolute Gasteiger partial charge is 0.355 e. The molecule has 0 bridgehead atoms. The second-order valence-corrected chi connectivity index (χ2v) is 3.58. The van der Waals surface area contributed by atoms with Gasteiger partial charge in [0, 0.05) is 25.2 Å². The van der Waals surface area contributed by atoms with Crippen molar-refractivity contribution in [2.75, 3.05) is 18.0 Å². The zero-order valence-corrected chi connectivity index (χ0v) is 7.91. The molecule has 0 radical (unpaired) electrons. The summed E-state index contributed by atoms with van der Waals surface area (Å²) in [5.41, 5.74) is 5.78. The SMILES string of the molecule is N[C@@H]1CCN(c2cc(Cl)ncn2)C1. The Hall–Kier alpha value is -0.870. The average Bonchev–Trinajstić information content (AvgIpc) is 2.52. The Balaban J connectivity index is 2.16. The number of nitrogens with two attached hydrogens (primary N) is 1. The summed E-state index contributed by atoms with van der Waals surface area (Å²) < 4.78 is 0. The van der Waals surface area contributed by atoms with Crippen LogP contribution in [0.3, 0.4) is 0 Å². The average molecular weight is 199 g/mol. The minimum atomic E-state index is 0.258. The molecule has 1 aliphatic rings. The van der Waals surface area contributed by atoms with E-state index in [-0.39, 0.29) is 6.04 Å². The third-order valence-corrected chi connectivity index (χ3v) is 2.37. The Morgan fingerprint density at radius 1 is 1.54 bits per heavy atom. The molecule has 70 valence electrons. The summed E-state index contributed by atoms with van der Waals surface area (Å²) in [4.78, 5) is 10.1. The van der Waals surface area contributed by atoms with Crippen LogP contribution in [0.4, 0.5) is 5.82 Å². The van der Waals surface area contributed by atoms with E-state index in [1.165, 1.54) is 6.33 Å². The quantitative estimate of drug-likeness (QED) is 0.674. The number of halogens is 1. The van der Waals surface area contributed by atoms with Crippen molar-refractivity contribution in [3.63, 3.8) is 0 Å². The van der Waals surface area contributed by atoms with E-state index in [0.717, 1.165) is 25.3 Å². The van der Waals surface area contributed by atoms with Gasteiger partial charge in [0.05, 0.1) is 0 Å². The zero-order chi connectivity index (χ0) is 9.26. The van der Waals surface area contributed by atoms with Crippen LogP contribution in [0.1, 0.15) is 6.42 Å². The van der Waals surface area contributed by atoms with Crippen LogP contribution in [0.2, 0.25) is 5.15 Å².